The molecule has 0 saturated heterocycles. The summed E-state index contributed by atoms with van der Waals surface area (Å²) in [5, 5.41) is 17.9. The highest BCUT2D eigenvalue weighted by Crippen LogP contribution is 2.28. The number of hydrogen-bond acceptors (Lipinski definition) is 4. The van der Waals surface area contributed by atoms with Gasteiger partial charge in [-0.3, -0.25) is 10.1 Å². The molecule has 0 aliphatic rings. The summed E-state index contributed by atoms with van der Waals surface area (Å²) in [6.07, 6.45) is 1.40. The fourth-order valence-electron chi connectivity index (χ4n) is 1.26. The standard InChI is InChI=1S/C8H10ClN3O2/c1-3-4-6-5(2)10-11-8(9)7(6)12(13)14/h3-4H2,1-2H3. The van der Waals surface area contributed by atoms with Crippen LogP contribution in [0.1, 0.15) is 24.6 Å². The van der Waals surface area contributed by atoms with Crippen LogP contribution in [0.25, 0.3) is 0 Å². The van der Waals surface area contributed by atoms with E-state index in [1.807, 2.05) is 6.92 Å². The van der Waals surface area contributed by atoms with Crippen molar-refractivity contribution in [2.45, 2.75) is 26.7 Å². The van der Waals surface area contributed by atoms with Crippen LogP contribution in [-0.4, -0.2) is 15.1 Å². The molecule has 0 radical (unpaired) electrons. The van der Waals surface area contributed by atoms with Crippen molar-refractivity contribution >= 4 is 17.3 Å². The van der Waals surface area contributed by atoms with Crippen LogP contribution in [0.2, 0.25) is 5.15 Å². The van der Waals surface area contributed by atoms with Gasteiger partial charge in [-0.25, -0.2) is 0 Å². The minimum Gasteiger partial charge on any atom is -0.258 e. The van der Waals surface area contributed by atoms with Gasteiger partial charge in [0.05, 0.1) is 16.2 Å². The molecular weight excluding hydrogens is 206 g/mol. The molecule has 1 heterocycles. The summed E-state index contributed by atoms with van der Waals surface area (Å²) in [5.41, 5.74) is 1.04. The largest absolute Gasteiger partial charge is 0.313 e. The third-order valence-electron chi connectivity index (χ3n) is 1.89. The number of rotatable bonds is 3. The van der Waals surface area contributed by atoms with E-state index < -0.39 is 4.92 Å². The van der Waals surface area contributed by atoms with E-state index in [-0.39, 0.29) is 10.8 Å². The lowest BCUT2D eigenvalue weighted by molar-refractivity contribution is -0.385. The zero-order valence-electron chi connectivity index (χ0n) is 7.95. The molecule has 0 aliphatic carbocycles. The van der Waals surface area contributed by atoms with Gasteiger partial charge in [0, 0.05) is 0 Å². The average molecular weight is 216 g/mol. The summed E-state index contributed by atoms with van der Waals surface area (Å²) in [5.74, 6) is 0. The van der Waals surface area contributed by atoms with E-state index in [2.05, 4.69) is 10.2 Å². The first kappa shape index (κ1) is 10.8. The van der Waals surface area contributed by atoms with Gasteiger partial charge >= 0.3 is 5.69 Å². The summed E-state index contributed by atoms with van der Waals surface area (Å²) >= 11 is 5.62. The fraction of sp³-hybridized carbons (Fsp3) is 0.500. The van der Waals surface area contributed by atoms with Gasteiger partial charge in [0.15, 0.2) is 0 Å². The van der Waals surface area contributed by atoms with Crippen molar-refractivity contribution in [2.75, 3.05) is 0 Å². The second-order valence-electron chi connectivity index (χ2n) is 2.91. The van der Waals surface area contributed by atoms with Crippen molar-refractivity contribution < 1.29 is 4.92 Å². The molecule has 1 aromatic heterocycles. The Kier molecular flexibility index (Phi) is 3.35. The molecule has 1 aromatic rings. The first-order valence-corrected chi connectivity index (χ1v) is 4.61. The lowest BCUT2D eigenvalue weighted by Crippen LogP contribution is -2.03. The maximum atomic E-state index is 10.7. The van der Waals surface area contributed by atoms with Crippen LogP contribution in [0.4, 0.5) is 5.69 Å². The Hall–Kier alpha value is -1.23. The molecule has 5 nitrogen and oxygen atoms in total. The fourth-order valence-corrected chi connectivity index (χ4v) is 1.48. The Labute approximate surface area is 86.3 Å². The average Bonchev–Trinajstić information content (AvgIpc) is 2.11. The normalized spacial score (nSPS) is 10.2. The zero-order valence-corrected chi connectivity index (χ0v) is 8.71. The van der Waals surface area contributed by atoms with Gasteiger partial charge in [0.2, 0.25) is 5.15 Å². The van der Waals surface area contributed by atoms with Crippen LogP contribution in [0.15, 0.2) is 0 Å². The lowest BCUT2D eigenvalue weighted by Gasteiger charge is -2.04. The van der Waals surface area contributed by atoms with Crippen LogP contribution in [0, 0.1) is 17.0 Å². The topological polar surface area (TPSA) is 68.9 Å². The molecule has 0 saturated carbocycles. The highest BCUT2D eigenvalue weighted by Gasteiger charge is 2.22. The predicted octanol–water partition coefficient (Wildman–Crippen LogP) is 2.30. The van der Waals surface area contributed by atoms with Gasteiger partial charge < -0.3 is 0 Å². The van der Waals surface area contributed by atoms with Crippen molar-refractivity contribution in [2.24, 2.45) is 0 Å². The van der Waals surface area contributed by atoms with Crippen LogP contribution < -0.4 is 0 Å². The molecule has 0 bridgehead atoms. The van der Waals surface area contributed by atoms with Gasteiger partial charge in [-0.15, -0.1) is 5.10 Å². The van der Waals surface area contributed by atoms with Crippen molar-refractivity contribution in [3.8, 4) is 0 Å². The Balaban J connectivity index is 3.33. The maximum Gasteiger partial charge on any atom is 0.313 e. The van der Waals surface area contributed by atoms with Crippen LogP contribution >= 0.6 is 11.6 Å². The quantitative estimate of drug-likeness (QED) is 0.573. The van der Waals surface area contributed by atoms with Gasteiger partial charge in [0.1, 0.15) is 0 Å². The monoisotopic (exact) mass is 215 g/mol. The van der Waals surface area contributed by atoms with E-state index in [1.165, 1.54) is 0 Å². The summed E-state index contributed by atoms with van der Waals surface area (Å²) in [4.78, 5) is 10.2. The highest BCUT2D eigenvalue weighted by molar-refractivity contribution is 6.31. The number of nitrogens with zero attached hydrogens (tertiary/aromatic N) is 3. The Morgan fingerprint density at radius 3 is 2.64 bits per heavy atom. The van der Waals surface area contributed by atoms with Crippen molar-refractivity contribution in [3.63, 3.8) is 0 Å². The van der Waals surface area contributed by atoms with E-state index in [0.717, 1.165) is 6.42 Å². The summed E-state index contributed by atoms with van der Waals surface area (Å²) in [7, 11) is 0. The van der Waals surface area contributed by atoms with Crippen molar-refractivity contribution in [1.82, 2.24) is 10.2 Å². The first-order chi connectivity index (χ1) is 6.57. The minimum atomic E-state index is -0.505. The lowest BCUT2D eigenvalue weighted by atomic mass is 10.1. The molecule has 0 aromatic carbocycles. The molecule has 1 rings (SSSR count). The zero-order chi connectivity index (χ0) is 10.7. The SMILES string of the molecule is CCCc1c(C)nnc(Cl)c1[N+](=O)[O-]. The predicted molar refractivity (Wildman–Crippen MR) is 52.4 cm³/mol. The Morgan fingerprint density at radius 1 is 1.50 bits per heavy atom. The molecule has 6 heteroatoms. The molecule has 0 spiro atoms. The molecule has 0 N–H and O–H groups in total. The third kappa shape index (κ3) is 1.98. The van der Waals surface area contributed by atoms with E-state index in [4.69, 9.17) is 11.6 Å². The Bertz CT molecular complexity index is 368. The summed E-state index contributed by atoms with van der Waals surface area (Å²) in [6.45, 7) is 3.64. The Morgan fingerprint density at radius 2 is 2.14 bits per heavy atom. The van der Waals surface area contributed by atoms with Crippen LogP contribution in [-0.2, 0) is 6.42 Å². The van der Waals surface area contributed by atoms with Crippen LogP contribution in [0.5, 0.6) is 0 Å². The first-order valence-electron chi connectivity index (χ1n) is 4.24. The van der Waals surface area contributed by atoms with E-state index in [1.54, 1.807) is 6.92 Å². The van der Waals surface area contributed by atoms with Gasteiger partial charge in [-0.1, -0.05) is 24.9 Å². The molecule has 0 amide bonds. The van der Waals surface area contributed by atoms with E-state index in [0.29, 0.717) is 17.7 Å². The second-order valence-corrected chi connectivity index (χ2v) is 3.27. The molecule has 14 heavy (non-hydrogen) atoms. The minimum absolute atomic E-state index is 0.110. The summed E-state index contributed by atoms with van der Waals surface area (Å²) < 4.78 is 0. The maximum absolute atomic E-state index is 10.7. The number of halogens is 1. The molecule has 76 valence electrons. The molecule has 0 unspecified atom stereocenters. The molecule has 0 aliphatic heterocycles. The van der Waals surface area contributed by atoms with E-state index >= 15 is 0 Å². The number of aryl methyl sites for hydroxylation is 1. The van der Waals surface area contributed by atoms with Gasteiger partial charge in [-0.2, -0.15) is 5.10 Å². The third-order valence-corrected chi connectivity index (χ3v) is 2.14. The molecular formula is C8H10ClN3O2. The van der Waals surface area contributed by atoms with Crippen LogP contribution in [0.3, 0.4) is 0 Å². The highest BCUT2D eigenvalue weighted by atomic mass is 35.5. The molecule has 0 fully saturated rings. The van der Waals surface area contributed by atoms with Gasteiger partial charge in [0.25, 0.3) is 0 Å². The number of nitro groups is 1. The molecule has 0 atom stereocenters. The number of hydrogen-bond donors (Lipinski definition) is 0. The summed E-state index contributed by atoms with van der Waals surface area (Å²) in [6, 6.07) is 0. The smallest absolute Gasteiger partial charge is 0.258 e. The van der Waals surface area contributed by atoms with Crippen molar-refractivity contribution in [1.29, 1.82) is 0 Å². The van der Waals surface area contributed by atoms with Gasteiger partial charge in [-0.05, 0) is 13.3 Å². The van der Waals surface area contributed by atoms with E-state index in [9.17, 15) is 10.1 Å². The van der Waals surface area contributed by atoms with Crippen molar-refractivity contribution in [3.05, 3.63) is 26.5 Å². The second kappa shape index (κ2) is 4.32. The number of aromatic nitrogens is 2.